The highest BCUT2D eigenvalue weighted by molar-refractivity contribution is 7.85. The van der Waals surface area contributed by atoms with Crippen LogP contribution < -0.4 is 21.3 Å². The largest absolute Gasteiger partial charge is 0.379 e. The minimum atomic E-state index is -4.10. The van der Waals surface area contributed by atoms with E-state index in [9.17, 15) is 32.4 Å². The average molecular weight is 641 g/mol. The molecule has 0 rings (SSSR count). The van der Waals surface area contributed by atoms with Crippen molar-refractivity contribution in [2.24, 2.45) is 0 Å². The zero-order valence-electron chi connectivity index (χ0n) is 24.8. The second-order valence-electron chi connectivity index (χ2n) is 9.18. The molecule has 0 bridgehead atoms. The molecular formula is C26H48N4O12S. The number of hydrogen-bond acceptors (Lipinski definition) is 11. The summed E-state index contributed by atoms with van der Waals surface area (Å²) >= 11 is 0. The predicted molar refractivity (Wildman–Crippen MR) is 155 cm³/mol. The van der Waals surface area contributed by atoms with Gasteiger partial charge in [0.25, 0.3) is 10.1 Å². The molecule has 0 unspecified atom stereocenters. The number of unbranched alkanes of at least 4 members (excludes halogenated alkanes) is 3. The van der Waals surface area contributed by atoms with Gasteiger partial charge in [-0.1, -0.05) is 0 Å². The van der Waals surface area contributed by atoms with Gasteiger partial charge in [0.1, 0.15) is 6.29 Å². The first-order chi connectivity index (χ1) is 20.6. The number of carbonyl (C=O) groups is 5. The summed E-state index contributed by atoms with van der Waals surface area (Å²) in [6.45, 7) is 3.25. The van der Waals surface area contributed by atoms with Crippen LogP contribution in [0, 0.1) is 0 Å². The first kappa shape index (κ1) is 40.3. The van der Waals surface area contributed by atoms with Crippen LogP contribution in [-0.4, -0.2) is 128 Å². The highest BCUT2D eigenvalue weighted by atomic mass is 32.2. The lowest BCUT2D eigenvalue weighted by atomic mass is 10.2. The van der Waals surface area contributed by atoms with Crippen molar-refractivity contribution in [3.8, 4) is 0 Å². The van der Waals surface area contributed by atoms with Crippen LogP contribution in [0.2, 0.25) is 0 Å². The normalized spacial score (nSPS) is 11.1. The SMILES string of the molecule is O=CCCCC(=O)NCC(=O)NCCCCCNC(=O)CCOCCOCCOCCOCCC(=O)NCCS(=O)(=O)O. The van der Waals surface area contributed by atoms with Crippen molar-refractivity contribution in [1.29, 1.82) is 0 Å². The zero-order chi connectivity index (χ0) is 32.0. The van der Waals surface area contributed by atoms with Crippen molar-refractivity contribution in [1.82, 2.24) is 21.3 Å². The van der Waals surface area contributed by atoms with Gasteiger partial charge < -0.3 is 45.0 Å². The summed E-state index contributed by atoms with van der Waals surface area (Å²) in [5, 5.41) is 10.4. The number of nitrogens with one attached hydrogen (secondary N) is 4. The summed E-state index contributed by atoms with van der Waals surface area (Å²) in [7, 11) is -4.10. The molecular weight excluding hydrogens is 592 g/mol. The van der Waals surface area contributed by atoms with Crippen molar-refractivity contribution < 1.29 is 55.9 Å². The van der Waals surface area contributed by atoms with Crippen LogP contribution in [0.15, 0.2) is 0 Å². The minimum Gasteiger partial charge on any atom is -0.379 e. The van der Waals surface area contributed by atoms with Gasteiger partial charge in [-0.25, -0.2) is 0 Å². The summed E-state index contributed by atoms with van der Waals surface area (Å²) in [6.07, 6.45) is 4.43. The van der Waals surface area contributed by atoms with Gasteiger partial charge >= 0.3 is 0 Å². The molecule has 0 aromatic rings. The van der Waals surface area contributed by atoms with E-state index < -0.39 is 15.9 Å². The Morgan fingerprint density at radius 2 is 1.00 bits per heavy atom. The van der Waals surface area contributed by atoms with E-state index in [1.54, 1.807) is 0 Å². The molecule has 0 saturated heterocycles. The van der Waals surface area contributed by atoms with Crippen molar-refractivity contribution in [3.05, 3.63) is 0 Å². The second-order valence-corrected chi connectivity index (χ2v) is 10.8. The molecule has 0 fully saturated rings. The lowest BCUT2D eigenvalue weighted by molar-refractivity contribution is -0.126. The van der Waals surface area contributed by atoms with Crippen LogP contribution in [-0.2, 0) is 53.0 Å². The molecule has 16 nitrogen and oxygen atoms in total. The Hall–Kier alpha value is -2.70. The Labute approximate surface area is 253 Å². The first-order valence-electron chi connectivity index (χ1n) is 14.4. The van der Waals surface area contributed by atoms with E-state index in [0.717, 1.165) is 25.5 Å². The third-order valence-electron chi connectivity index (χ3n) is 5.41. The summed E-state index contributed by atoms with van der Waals surface area (Å²) in [5.74, 6) is -1.54. The van der Waals surface area contributed by atoms with Crippen LogP contribution in [0.3, 0.4) is 0 Å². The predicted octanol–water partition coefficient (Wildman–Crippen LogP) is -1.27. The average Bonchev–Trinajstić information content (AvgIpc) is 2.95. The van der Waals surface area contributed by atoms with Gasteiger partial charge in [-0.15, -0.1) is 0 Å². The Bertz CT molecular complexity index is 889. The molecule has 0 atom stereocenters. The minimum absolute atomic E-state index is 0.0659. The van der Waals surface area contributed by atoms with E-state index in [0.29, 0.717) is 59.0 Å². The number of hydrogen-bond donors (Lipinski definition) is 5. The van der Waals surface area contributed by atoms with E-state index in [2.05, 4.69) is 21.3 Å². The van der Waals surface area contributed by atoms with E-state index >= 15 is 0 Å². The fourth-order valence-corrected chi connectivity index (χ4v) is 3.51. The molecule has 0 heterocycles. The Balaban J connectivity index is 3.36. The molecule has 43 heavy (non-hydrogen) atoms. The monoisotopic (exact) mass is 640 g/mol. The van der Waals surface area contributed by atoms with Crippen LogP contribution in [0.5, 0.6) is 0 Å². The third kappa shape index (κ3) is 32.1. The number of aldehydes is 1. The maximum atomic E-state index is 11.8. The summed E-state index contributed by atoms with van der Waals surface area (Å²) < 4.78 is 51.0. The van der Waals surface area contributed by atoms with Gasteiger partial charge in [0.05, 0.1) is 65.2 Å². The zero-order valence-corrected chi connectivity index (χ0v) is 25.6. The molecule has 0 spiro atoms. The molecule has 17 heteroatoms. The van der Waals surface area contributed by atoms with Gasteiger partial charge in [0, 0.05) is 45.3 Å². The van der Waals surface area contributed by atoms with Crippen molar-refractivity contribution >= 4 is 40.0 Å². The van der Waals surface area contributed by atoms with Crippen LogP contribution in [0.4, 0.5) is 0 Å². The lowest BCUT2D eigenvalue weighted by Gasteiger charge is -2.08. The Morgan fingerprint density at radius 1 is 0.558 bits per heavy atom. The number of ether oxygens (including phenoxy) is 4. The molecule has 5 N–H and O–H groups in total. The maximum absolute atomic E-state index is 11.8. The van der Waals surface area contributed by atoms with Crippen molar-refractivity contribution in [2.45, 2.75) is 51.4 Å². The molecule has 0 aliphatic heterocycles. The fourth-order valence-electron chi connectivity index (χ4n) is 3.15. The topological polar surface area (TPSA) is 225 Å². The standard InChI is InChI=1S/C26H48N4O12S/c31-12-5-2-6-23(32)30-22-26(35)28-10-4-1-3-9-27-24(33)7-13-39-15-17-41-19-20-42-18-16-40-14-8-25(34)29-11-21-43(36,37)38/h12H,1-11,13-22H2,(H,27,33)(H,28,35)(H,29,34)(H,30,32)(H,36,37,38). The molecule has 0 saturated carbocycles. The van der Waals surface area contributed by atoms with E-state index in [1.165, 1.54) is 0 Å². The van der Waals surface area contributed by atoms with Gasteiger partial charge in [0.15, 0.2) is 0 Å². The molecule has 0 radical (unpaired) electrons. The summed E-state index contributed by atoms with van der Waals surface area (Å²) in [6, 6.07) is 0. The Kier molecular flexibility index (Phi) is 26.3. The van der Waals surface area contributed by atoms with E-state index in [4.69, 9.17) is 23.5 Å². The van der Waals surface area contributed by atoms with Crippen LogP contribution in [0.25, 0.3) is 0 Å². The van der Waals surface area contributed by atoms with Gasteiger partial charge in [0.2, 0.25) is 23.6 Å². The van der Waals surface area contributed by atoms with Crippen molar-refractivity contribution in [3.63, 3.8) is 0 Å². The lowest BCUT2D eigenvalue weighted by Crippen LogP contribution is -2.37. The maximum Gasteiger partial charge on any atom is 0.266 e. The highest BCUT2D eigenvalue weighted by Gasteiger charge is 2.07. The molecule has 4 amide bonds. The van der Waals surface area contributed by atoms with Crippen molar-refractivity contribution in [2.75, 3.05) is 84.8 Å². The molecule has 0 aromatic heterocycles. The molecule has 250 valence electrons. The van der Waals surface area contributed by atoms with Gasteiger partial charge in [-0.3, -0.25) is 23.7 Å². The summed E-state index contributed by atoms with van der Waals surface area (Å²) in [5.41, 5.74) is 0. The number of amides is 4. The Morgan fingerprint density at radius 3 is 1.49 bits per heavy atom. The first-order valence-corrected chi connectivity index (χ1v) is 16.0. The number of rotatable bonds is 30. The third-order valence-corrected chi connectivity index (χ3v) is 6.13. The van der Waals surface area contributed by atoms with Gasteiger partial charge in [-0.05, 0) is 25.7 Å². The van der Waals surface area contributed by atoms with Crippen LogP contribution in [0.1, 0.15) is 51.4 Å². The molecule has 0 aliphatic rings. The van der Waals surface area contributed by atoms with Crippen LogP contribution >= 0.6 is 0 Å². The molecule has 0 aliphatic carbocycles. The van der Waals surface area contributed by atoms with E-state index in [-0.39, 0.29) is 75.8 Å². The second kappa shape index (κ2) is 28.1. The number of carbonyl (C=O) groups excluding carboxylic acids is 5. The smallest absolute Gasteiger partial charge is 0.266 e. The quantitative estimate of drug-likeness (QED) is 0.0352. The molecule has 0 aromatic carbocycles. The highest BCUT2D eigenvalue weighted by Crippen LogP contribution is 1.94. The van der Waals surface area contributed by atoms with Gasteiger partial charge in [-0.2, -0.15) is 8.42 Å². The summed E-state index contributed by atoms with van der Waals surface area (Å²) in [4.78, 5) is 56.7. The fraction of sp³-hybridized carbons (Fsp3) is 0.808. The van der Waals surface area contributed by atoms with E-state index in [1.807, 2.05) is 0 Å².